The molecule has 0 spiro atoms. The summed E-state index contributed by atoms with van der Waals surface area (Å²) in [6.45, 7) is 8.13. The van der Waals surface area contributed by atoms with Gasteiger partial charge >= 0.3 is 0 Å². The molecule has 0 N–H and O–H groups in total. The normalized spacial score (nSPS) is 37.8. The highest BCUT2D eigenvalue weighted by Gasteiger charge is 2.35. The van der Waals surface area contributed by atoms with Gasteiger partial charge in [-0.15, -0.1) is 0 Å². The maximum atomic E-state index is 6.08. The van der Waals surface area contributed by atoms with Crippen LogP contribution in [0.5, 0.6) is 0 Å². The van der Waals surface area contributed by atoms with Gasteiger partial charge in [0.15, 0.2) is 8.32 Å². The van der Waals surface area contributed by atoms with Crippen molar-refractivity contribution in [3.05, 3.63) is 0 Å². The lowest BCUT2D eigenvalue weighted by Gasteiger charge is -2.30. The van der Waals surface area contributed by atoms with Gasteiger partial charge in [0, 0.05) is 6.61 Å². The Morgan fingerprint density at radius 1 is 1.42 bits per heavy atom. The van der Waals surface area contributed by atoms with Gasteiger partial charge in [-0.25, -0.2) is 0 Å². The fourth-order valence-electron chi connectivity index (χ4n) is 2.12. The van der Waals surface area contributed by atoms with Crippen LogP contribution in [0.3, 0.4) is 0 Å². The lowest BCUT2D eigenvalue weighted by molar-refractivity contribution is 0.302. The van der Waals surface area contributed by atoms with E-state index >= 15 is 0 Å². The third-order valence-electron chi connectivity index (χ3n) is 3.25. The van der Waals surface area contributed by atoms with Crippen LogP contribution in [0, 0.1) is 0 Å². The minimum absolute atomic E-state index is 0.875. The third-order valence-corrected chi connectivity index (χ3v) is 7.98. The van der Waals surface area contributed by atoms with E-state index in [-0.39, 0.29) is 0 Å². The molecular formula is C10H22OSi. The molecule has 72 valence electrons. The maximum Gasteiger partial charge on any atom is 0.192 e. The molecule has 1 rings (SSSR count). The van der Waals surface area contributed by atoms with Crippen LogP contribution >= 0.6 is 0 Å². The Labute approximate surface area is 77.6 Å². The van der Waals surface area contributed by atoms with Crippen molar-refractivity contribution < 1.29 is 4.43 Å². The van der Waals surface area contributed by atoms with Crippen LogP contribution in [0.1, 0.15) is 39.5 Å². The molecule has 1 aliphatic heterocycles. The number of hydrogen-bond acceptors (Lipinski definition) is 1. The molecule has 0 aromatic carbocycles. The van der Waals surface area contributed by atoms with E-state index in [1.54, 1.807) is 0 Å². The molecule has 1 aliphatic rings. The Morgan fingerprint density at radius 2 is 2.17 bits per heavy atom. The first-order valence-corrected chi connectivity index (χ1v) is 8.02. The van der Waals surface area contributed by atoms with Gasteiger partial charge in [0.2, 0.25) is 0 Å². The van der Waals surface area contributed by atoms with E-state index in [4.69, 9.17) is 4.43 Å². The van der Waals surface area contributed by atoms with Crippen LogP contribution in [0.25, 0.3) is 0 Å². The van der Waals surface area contributed by atoms with Gasteiger partial charge in [-0.3, -0.25) is 0 Å². The molecule has 0 radical (unpaired) electrons. The van der Waals surface area contributed by atoms with E-state index in [1.165, 1.54) is 31.7 Å². The second-order valence-corrected chi connectivity index (χ2v) is 8.71. The summed E-state index contributed by atoms with van der Waals surface area (Å²) in [7, 11) is -1.29. The van der Waals surface area contributed by atoms with E-state index in [9.17, 15) is 0 Å². The van der Waals surface area contributed by atoms with Crippen LogP contribution in [0.15, 0.2) is 0 Å². The SMILES string of the molecule is CCC[Si]1(C)OCCCCC1C. The molecule has 0 bridgehead atoms. The van der Waals surface area contributed by atoms with Crippen molar-refractivity contribution in [2.45, 2.75) is 57.7 Å². The van der Waals surface area contributed by atoms with Gasteiger partial charge in [0.1, 0.15) is 0 Å². The molecule has 2 heteroatoms. The zero-order valence-corrected chi connectivity index (χ0v) is 9.73. The second kappa shape index (κ2) is 4.42. The molecule has 1 fully saturated rings. The van der Waals surface area contributed by atoms with Crippen molar-refractivity contribution in [3.63, 3.8) is 0 Å². The summed E-state index contributed by atoms with van der Waals surface area (Å²) in [5, 5.41) is 0. The lowest BCUT2D eigenvalue weighted by Crippen LogP contribution is -2.37. The molecule has 0 amide bonds. The van der Waals surface area contributed by atoms with E-state index in [0.29, 0.717) is 0 Å². The van der Waals surface area contributed by atoms with Crippen molar-refractivity contribution in [2.75, 3.05) is 6.61 Å². The number of rotatable bonds is 2. The third kappa shape index (κ3) is 2.33. The van der Waals surface area contributed by atoms with Gasteiger partial charge < -0.3 is 4.43 Å². The predicted octanol–water partition coefficient (Wildman–Crippen LogP) is 3.56. The van der Waals surface area contributed by atoms with E-state index in [2.05, 4.69) is 20.4 Å². The quantitative estimate of drug-likeness (QED) is 0.599. The largest absolute Gasteiger partial charge is 0.417 e. The zero-order valence-electron chi connectivity index (χ0n) is 8.73. The Balaban J connectivity index is 2.55. The molecule has 2 unspecified atom stereocenters. The fourth-order valence-corrected chi connectivity index (χ4v) is 5.46. The van der Waals surface area contributed by atoms with Crippen molar-refractivity contribution >= 4 is 8.32 Å². The fraction of sp³-hybridized carbons (Fsp3) is 1.00. The highest BCUT2D eigenvalue weighted by molar-refractivity contribution is 6.73. The Bertz CT molecular complexity index is 138. The summed E-state index contributed by atoms with van der Waals surface area (Å²) in [5.41, 5.74) is 0.875. The van der Waals surface area contributed by atoms with Crippen LogP contribution in [0.2, 0.25) is 18.1 Å². The summed E-state index contributed by atoms with van der Waals surface area (Å²) in [4.78, 5) is 0. The maximum absolute atomic E-state index is 6.08. The molecule has 2 atom stereocenters. The average Bonchev–Trinajstić information content (AvgIpc) is 2.17. The van der Waals surface area contributed by atoms with Crippen molar-refractivity contribution in [2.24, 2.45) is 0 Å². The van der Waals surface area contributed by atoms with E-state index in [0.717, 1.165) is 12.1 Å². The molecule has 1 nitrogen and oxygen atoms in total. The number of hydrogen-bond donors (Lipinski definition) is 0. The second-order valence-electron chi connectivity index (χ2n) is 4.31. The summed E-state index contributed by atoms with van der Waals surface area (Å²) in [6, 6.07) is 1.36. The van der Waals surface area contributed by atoms with Crippen molar-refractivity contribution in [1.82, 2.24) is 0 Å². The molecule has 0 saturated carbocycles. The van der Waals surface area contributed by atoms with Crippen molar-refractivity contribution in [1.29, 1.82) is 0 Å². The van der Waals surface area contributed by atoms with Crippen molar-refractivity contribution in [3.8, 4) is 0 Å². The minimum atomic E-state index is -1.29. The van der Waals surface area contributed by atoms with Crippen LogP contribution < -0.4 is 0 Å². The molecule has 0 aromatic heterocycles. The van der Waals surface area contributed by atoms with Crippen LogP contribution in [-0.4, -0.2) is 14.9 Å². The highest BCUT2D eigenvalue weighted by atomic mass is 28.4. The van der Waals surface area contributed by atoms with Gasteiger partial charge in [0.05, 0.1) is 0 Å². The molecule has 1 saturated heterocycles. The molecular weight excluding hydrogens is 164 g/mol. The summed E-state index contributed by atoms with van der Waals surface area (Å²) < 4.78 is 6.08. The summed E-state index contributed by atoms with van der Waals surface area (Å²) in [6.07, 6.45) is 5.37. The monoisotopic (exact) mass is 186 g/mol. The van der Waals surface area contributed by atoms with Crippen LogP contribution in [0.4, 0.5) is 0 Å². The van der Waals surface area contributed by atoms with Gasteiger partial charge in [-0.2, -0.15) is 0 Å². The first-order valence-electron chi connectivity index (χ1n) is 5.33. The molecule has 1 heterocycles. The lowest BCUT2D eigenvalue weighted by atomic mass is 10.2. The predicted molar refractivity (Wildman–Crippen MR) is 55.9 cm³/mol. The smallest absolute Gasteiger partial charge is 0.192 e. The van der Waals surface area contributed by atoms with E-state index in [1.807, 2.05) is 0 Å². The molecule has 12 heavy (non-hydrogen) atoms. The average molecular weight is 186 g/mol. The minimum Gasteiger partial charge on any atom is -0.417 e. The standard InChI is InChI=1S/C10H22OSi/c1-4-9-12(3)10(2)7-5-6-8-11-12/h10H,4-9H2,1-3H3. The van der Waals surface area contributed by atoms with Gasteiger partial charge in [-0.05, 0) is 24.6 Å². The first kappa shape index (κ1) is 10.3. The summed E-state index contributed by atoms with van der Waals surface area (Å²) in [5.74, 6) is 0. The Hall–Kier alpha value is 0.177. The topological polar surface area (TPSA) is 9.23 Å². The van der Waals surface area contributed by atoms with Gasteiger partial charge in [0.25, 0.3) is 0 Å². The summed E-state index contributed by atoms with van der Waals surface area (Å²) >= 11 is 0. The zero-order chi connectivity index (χ0) is 9.03. The Morgan fingerprint density at radius 3 is 2.83 bits per heavy atom. The Kier molecular flexibility index (Phi) is 3.78. The molecule has 0 aliphatic carbocycles. The van der Waals surface area contributed by atoms with Crippen LogP contribution in [-0.2, 0) is 4.43 Å². The first-order chi connectivity index (χ1) is 5.69. The van der Waals surface area contributed by atoms with Gasteiger partial charge in [-0.1, -0.05) is 33.1 Å². The molecule has 0 aromatic rings. The highest BCUT2D eigenvalue weighted by Crippen LogP contribution is 2.34. The van der Waals surface area contributed by atoms with E-state index < -0.39 is 8.32 Å².